The Kier molecular flexibility index (Phi) is 4.61. The van der Waals surface area contributed by atoms with E-state index in [1.165, 1.54) is 12.8 Å². The van der Waals surface area contributed by atoms with E-state index in [0.29, 0.717) is 5.82 Å². The molecule has 1 N–H and O–H groups in total. The zero-order chi connectivity index (χ0) is 16.1. The number of benzene rings is 1. The van der Waals surface area contributed by atoms with Crippen molar-refractivity contribution in [3.05, 3.63) is 48.7 Å². The number of amides is 1. The van der Waals surface area contributed by atoms with Gasteiger partial charge in [0.25, 0.3) is 0 Å². The average Bonchev–Trinajstić information content (AvgIpc) is 2.63. The third kappa shape index (κ3) is 3.71. The van der Waals surface area contributed by atoms with Crippen molar-refractivity contribution in [2.24, 2.45) is 0 Å². The highest BCUT2D eigenvalue weighted by molar-refractivity contribution is 5.83. The van der Waals surface area contributed by atoms with Crippen molar-refractivity contribution in [3.8, 4) is 0 Å². The normalized spacial score (nSPS) is 14.5. The van der Waals surface area contributed by atoms with Crippen LogP contribution >= 0.6 is 0 Å². The number of rotatable bonds is 3. The van der Waals surface area contributed by atoms with Crippen molar-refractivity contribution in [2.75, 3.05) is 48.4 Å². The van der Waals surface area contributed by atoms with Crippen LogP contribution in [0.25, 0.3) is 0 Å². The van der Waals surface area contributed by atoms with Gasteiger partial charge in [0, 0.05) is 31.9 Å². The maximum absolute atomic E-state index is 11.1. The van der Waals surface area contributed by atoms with Gasteiger partial charge in [-0.25, -0.2) is 9.78 Å². The van der Waals surface area contributed by atoms with E-state index >= 15 is 0 Å². The van der Waals surface area contributed by atoms with Crippen molar-refractivity contribution < 1.29 is 9.53 Å². The number of para-hydroxylation sites is 1. The van der Waals surface area contributed by atoms with Gasteiger partial charge in [-0.05, 0) is 24.3 Å². The SMILES string of the molecule is COC(=O)Nc1ccc(N2CCN(c3ccccc3)CC2)cn1. The molecule has 0 aliphatic carbocycles. The van der Waals surface area contributed by atoms with Gasteiger partial charge in [-0.15, -0.1) is 0 Å². The number of carbonyl (C=O) groups excluding carboxylic acids is 1. The maximum Gasteiger partial charge on any atom is 0.412 e. The Labute approximate surface area is 135 Å². The number of piperazine rings is 1. The Hall–Kier alpha value is -2.76. The highest BCUT2D eigenvalue weighted by Gasteiger charge is 2.17. The summed E-state index contributed by atoms with van der Waals surface area (Å²) in [6, 6.07) is 14.2. The van der Waals surface area contributed by atoms with Crippen molar-refractivity contribution in [2.45, 2.75) is 0 Å². The van der Waals surface area contributed by atoms with Crippen LogP contribution in [0.3, 0.4) is 0 Å². The summed E-state index contributed by atoms with van der Waals surface area (Å²) in [6.07, 6.45) is 1.27. The minimum atomic E-state index is -0.512. The van der Waals surface area contributed by atoms with Gasteiger partial charge in [-0.3, -0.25) is 5.32 Å². The number of methoxy groups -OCH3 is 1. The number of anilines is 3. The number of ether oxygens (including phenoxy) is 1. The van der Waals surface area contributed by atoms with Crippen LogP contribution in [0.4, 0.5) is 22.0 Å². The van der Waals surface area contributed by atoms with Crippen LogP contribution < -0.4 is 15.1 Å². The number of hydrogen-bond acceptors (Lipinski definition) is 5. The Morgan fingerprint density at radius 1 is 1.00 bits per heavy atom. The molecule has 1 saturated heterocycles. The lowest BCUT2D eigenvalue weighted by Crippen LogP contribution is -2.46. The molecule has 1 fully saturated rings. The first-order chi connectivity index (χ1) is 11.3. The Morgan fingerprint density at radius 3 is 2.22 bits per heavy atom. The molecule has 0 saturated carbocycles. The fourth-order valence-corrected chi connectivity index (χ4v) is 2.66. The van der Waals surface area contributed by atoms with Crippen molar-refractivity contribution in [1.82, 2.24) is 4.98 Å². The van der Waals surface area contributed by atoms with Crippen LogP contribution in [-0.2, 0) is 4.74 Å². The molecule has 0 radical (unpaired) electrons. The predicted molar refractivity (Wildman–Crippen MR) is 91.1 cm³/mol. The Morgan fingerprint density at radius 2 is 1.65 bits per heavy atom. The molecule has 2 heterocycles. The van der Waals surface area contributed by atoms with E-state index in [1.54, 1.807) is 12.3 Å². The van der Waals surface area contributed by atoms with E-state index in [9.17, 15) is 4.79 Å². The second kappa shape index (κ2) is 7.00. The minimum absolute atomic E-state index is 0.489. The van der Waals surface area contributed by atoms with E-state index in [2.05, 4.69) is 49.1 Å². The fraction of sp³-hybridized carbons (Fsp3) is 0.294. The number of pyridine rings is 1. The molecule has 0 unspecified atom stereocenters. The predicted octanol–water partition coefficient (Wildman–Crippen LogP) is 2.59. The fourth-order valence-electron chi connectivity index (χ4n) is 2.66. The second-order valence-corrected chi connectivity index (χ2v) is 5.33. The summed E-state index contributed by atoms with van der Waals surface area (Å²) in [5.41, 5.74) is 2.33. The van der Waals surface area contributed by atoms with Crippen LogP contribution in [0.2, 0.25) is 0 Å². The number of hydrogen-bond donors (Lipinski definition) is 1. The molecule has 1 aliphatic rings. The zero-order valence-electron chi connectivity index (χ0n) is 13.1. The van der Waals surface area contributed by atoms with E-state index in [4.69, 9.17) is 0 Å². The molecule has 1 amide bonds. The van der Waals surface area contributed by atoms with Gasteiger partial charge in [0.2, 0.25) is 0 Å². The third-order valence-electron chi connectivity index (χ3n) is 3.93. The zero-order valence-corrected chi connectivity index (χ0v) is 13.1. The summed E-state index contributed by atoms with van der Waals surface area (Å²) in [7, 11) is 1.33. The molecular weight excluding hydrogens is 292 g/mol. The van der Waals surface area contributed by atoms with Crippen LogP contribution in [0.15, 0.2) is 48.7 Å². The van der Waals surface area contributed by atoms with Gasteiger partial charge in [0.05, 0.1) is 19.0 Å². The van der Waals surface area contributed by atoms with Crippen LogP contribution in [0.1, 0.15) is 0 Å². The molecule has 3 rings (SSSR count). The van der Waals surface area contributed by atoms with E-state index in [0.717, 1.165) is 31.9 Å². The molecule has 2 aromatic rings. The Bertz CT molecular complexity index is 637. The quantitative estimate of drug-likeness (QED) is 0.944. The van der Waals surface area contributed by atoms with Gasteiger partial charge >= 0.3 is 6.09 Å². The number of aromatic nitrogens is 1. The lowest BCUT2D eigenvalue weighted by molar-refractivity contribution is 0.187. The van der Waals surface area contributed by atoms with Crippen molar-refractivity contribution in [1.29, 1.82) is 0 Å². The smallest absolute Gasteiger partial charge is 0.412 e. The molecule has 1 aromatic carbocycles. The molecule has 23 heavy (non-hydrogen) atoms. The topological polar surface area (TPSA) is 57.7 Å². The summed E-state index contributed by atoms with van der Waals surface area (Å²) in [4.78, 5) is 20.1. The van der Waals surface area contributed by atoms with Crippen molar-refractivity contribution >= 4 is 23.3 Å². The van der Waals surface area contributed by atoms with Gasteiger partial charge in [-0.2, -0.15) is 0 Å². The summed E-state index contributed by atoms with van der Waals surface area (Å²) in [5, 5.41) is 2.55. The van der Waals surface area contributed by atoms with Crippen LogP contribution in [-0.4, -0.2) is 44.4 Å². The summed E-state index contributed by atoms with van der Waals surface area (Å²) in [5.74, 6) is 0.489. The highest BCUT2D eigenvalue weighted by atomic mass is 16.5. The number of nitrogens with zero attached hydrogens (tertiary/aromatic N) is 3. The Balaban J connectivity index is 1.58. The summed E-state index contributed by atoms with van der Waals surface area (Å²) < 4.78 is 4.55. The first-order valence-electron chi connectivity index (χ1n) is 7.62. The molecule has 6 nitrogen and oxygen atoms in total. The lowest BCUT2D eigenvalue weighted by atomic mass is 10.2. The minimum Gasteiger partial charge on any atom is -0.453 e. The number of nitrogens with one attached hydrogen (secondary N) is 1. The van der Waals surface area contributed by atoms with Crippen molar-refractivity contribution in [3.63, 3.8) is 0 Å². The van der Waals surface area contributed by atoms with Crippen LogP contribution in [0.5, 0.6) is 0 Å². The maximum atomic E-state index is 11.1. The largest absolute Gasteiger partial charge is 0.453 e. The lowest BCUT2D eigenvalue weighted by Gasteiger charge is -2.37. The molecule has 0 spiro atoms. The standard InChI is InChI=1S/C17H20N4O2/c1-23-17(22)19-16-8-7-15(13-18-16)21-11-9-20(10-12-21)14-5-3-2-4-6-14/h2-8,13H,9-12H2,1H3,(H,18,19,22). The molecule has 0 atom stereocenters. The summed E-state index contributed by atoms with van der Waals surface area (Å²) in [6.45, 7) is 3.85. The number of carbonyl (C=O) groups is 1. The summed E-state index contributed by atoms with van der Waals surface area (Å²) >= 11 is 0. The molecule has 6 heteroatoms. The second-order valence-electron chi connectivity index (χ2n) is 5.33. The first kappa shape index (κ1) is 15.1. The van der Waals surface area contributed by atoms with E-state index < -0.39 is 6.09 Å². The highest BCUT2D eigenvalue weighted by Crippen LogP contribution is 2.20. The molecule has 120 valence electrons. The molecule has 1 aromatic heterocycles. The van der Waals surface area contributed by atoms with Gasteiger partial charge in [0.15, 0.2) is 0 Å². The van der Waals surface area contributed by atoms with E-state index in [-0.39, 0.29) is 0 Å². The molecular formula is C17H20N4O2. The van der Waals surface area contributed by atoms with E-state index in [1.807, 2.05) is 12.1 Å². The van der Waals surface area contributed by atoms with Gasteiger partial charge < -0.3 is 14.5 Å². The van der Waals surface area contributed by atoms with Gasteiger partial charge in [0.1, 0.15) is 5.82 Å². The molecule has 0 bridgehead atoms. The van der Waals surface area contributed by atoms with Crippen LogP contribution in [0, 0.1) is 0 Å². The van der Waals surface area contributed by atoms with Gasteiger partial charge in [-0.1, -0.05) is 18.2 Å². The molecule has 1 aliphatic heterocycles. The monoisotopic (exact) mass is 312 g/mol. The third-order valence-corrected chi connectivity index (χ3v) is 3.93. The first-order valence-corrected chi connectivity index (χ1v) is 7.62. The average molecular weight is 312 g/mol.